The summed E-state index contributed by atoms with van der Waals surface area (Å²) in [5.74, 6) is -0.0884. The molecule has 0 radical (unpaired) electrons. The number of aromatic amines is 1. The van der Waals surface area contributed by atoms with Gasteiger partial charge in [0.2, 0.25) is 11.6 Å². The van der Waals surface area contributed by atoms with Gasteiger partial charge in [-0.05, 0) is 24.6 Å². The first kappa shape index (κ1) is 16.2. The predicted molar refractivity (Wildman–Crippen MR) is 92.2 cm³/mol. The van der Waals surface area contributed by atoms with E-state index < -0.39 is 0 Å². The molecule has 132 valence electrons. The van der Waals surface area contributed by atoms with Gasteiger partial charge in [0.05, 0.1) is 23.6 Å². The monoisotopic (exact) mass is 354 g/mol. The number of benzene rings is 1. The van der Waals surface area contributed by atoms with Gasteiger partial charge in [-0.2, -0.15) is 5.10 Å². The number of aryl methyl sites for hydroxylation is 1. The molecular weight excluding hydrogens is 339 g/mol. The van der Waals surface area contributed by atoms with Crippen LogP contribution in [0.25, 0.3) is 11.1 Å². The number of nitrogens with one attached hydrogen (secondary N) is 1. The Morgan fingerprint density at radius 2 is 2.08 bits per heavy atom. The van der Waals surface area contributed by atoms with Crippen LogP contribution in [-0.4, -0.2) is 26.6 Å². The molecule has 1 N–H and O–H groups in total. The molecule has 7 nitrogen and oxygen atoms in total. The van der Waals surface area contributed by atoms with Gasteiger partial charge in [-0.25, -0.2) is 14.4 Å². The summed E-state index contributed by atoms with van der Waals surface area (Å²) in [7, 11) is 0. The first-order valence-corrected chi connectivity index (χ1v) is 8.05. The second kappa shape index (κ2) is 5.91. The van der Waals surface area contributed by atoms with Gasteiger partial charge in [-0.15, -0.1) is 0 Å². The van der Waals surface area contributed by atoms with E-state index in [0.717, 1.165) is 5.56 Å². The lowest BCUT2D eigenvalue weighted by Crippen LogP contribution is -2.24. The predicted octanol–water partition coefficient (Wildman–Crippen LogP) is 2.66. The number of hydrazone groups is 1. The zero-order valence-electron chi connectivity index (χ0n) is 14.1. The van der Waals surface area contributed by atoms with Crippen LogP contribution in [0.5, 0.6) is 0 Å². The van der Waals surface area contributed by atoms with E-state index in [2.05, 4.69) is 15.1 Å². The first-order chi connectivity index (χ1) is 12.5. The number of hydrogen-bond acceptors (Lipinski definition) is 5. The third-order valence-corrected chi connectivity index (χ3v) is 4.45. The molecule has 3 aromatic rings. The Balaban J connectivity index is 1.83. The summed E-state index contributed by atoms with van der Waals surface area (Å²) in [6.07, 6.45) is 1.66. The van der Waals surface area contributed by atoms with Gasteiger partial charge in [0.1, 0.15) is 17.0 Å². The molecule has 1 aliphatic rings. The van der Waals surface area contributed by atoms with Crippen molar-refractivity contribution in [1.29, 1.82) is 0 Å². The highest BCUT2D eigenvalue weighted by atomic mass is 19.1. The topological polar surface area (TPSA) is 91.6 Å². The highest BCUT2D eigenvalue weighted by Crippen LogP contribution is 2.35. The number of amides is 1. The Morgan fingerprint density at radius 3 is 2.77 bits per heavy atom. The first-order valence-electron chi connectivity index (χ1n) is 8.05. The van der Waals surface area contributed by atoms with Crippen LogP contribution in [0, 0.1) is 12.7 Å². The van der Waals surface area contributed by atoms with Crippen molar-refractivity contribution in [2.24, 2.45) is 5.10 Å². The number of carbonyl (C=O) groups excluding carboxylic acids is 1. The molecule has 1 atom stereocenters. The van der Waals surface area contributed by atoms with Crippen LogP contribution < -0.4 is 5.56 Å². The number of H-pyrrole nitrogens is 1. The van der Waals surface area contributed by atoms with Crippen molar-refractivity contribution in [2.75, 3.05) is 0 Å². The van der Waals surface area contributed by atoms with E-state index in [4.69, 9.17) is 4.42 Å². The number of carbonyl (C=O) groups is 1. The maximum Gasteiger partial charge on any atom is 0.262 e. The number of halogens is 1. The molecule has 0 spiro atoms. The lowest BCUT2D eigenvalue weighted by molar-refractivity contribution is -0.130. The molecule has 26 heavy (non-hydrogen) atoms. The molecule has 1 amide bonds. The average Bonchev–Trinajstić information content (AvgIpc) is 3.17. The van der Waals surface area contributed by atoms with Gasteiger partial charge in [-0.3, -0.25) is 9.59 Å². The van der Waals surface area contributed by atoms with Gasteiger partial charge in [0.25, 0.3) is 5.56 Å². The molecule has 1 aromatic carbocycles. The molecule has 8 heteroatoms. The molecule has 0 bridgehead atoms. The number of rotatable bonds is 2. The maximum atomic E-state index is 13.2. The van der Waals surface area contributed by atoms with Crippen LogP contribution in [0.3, 0.4) is 0 Å². The van der Waals surface area contributed by atoms with E-state index in [0.29, 0.717) is 28.8 Å². The summed E-state index contributed by atoms with van der Waals surface area (Å²) >= 11 is 0. The zero-order chi connectivity index (χ0) is 18.4. The fourth-order valence-corrected chi connectivity index (χ4v) is 3.30. The van der Waals surface area contributed by atoms with Crippen molar-refractivity contribution in [3.8, 4) is 0 Å². The average molecular weight is 354 g/mol. The van der Waals surface area contributed by atoms with Gasteiger partial charge in [0.15, 0.2) is 0 Å². The van der Waals surface area contributed by atoms with Gasteiger partial charge in [0, 0.05) is 13.3 Å². The Bertz CT molecular complexity index is 1100. The zero-order valence-corrected chi connectivity index (χ0v) is 14.1. The fraction of sp³-hybridized carbons (Fsp3) is 0.222. The van der Waals surface area contributed by atoms with Crippen LogP contribution in [0.15, 0.2) is 44.9 Å². The van der Waals surface area contributed by atoms with Gasteiger partial charge < -0.3 is 9.40 Å². The van der Waals surface area contributed by atoms with Crippen molar-refractivity contribution in [3.05, 3.63) is 63.7 Å². The molecule has 1 aliphatic heterocycles. The lowest BCUT2D eigenvalue weighted by Gasteiger charge is -2.20. The third kappa shape index (κ3) is 2.50. The lowest BCUT2D eigenvalue weighted by atomic mass is 9.97. The molecular formula is C18H15FN4O3. The number of fused-ring (bicyclic) bond motifs is 1. The number of nitrogens with zero attached hydrogens (tertiary/aromatic N) is 3. The fourth-order valence-electron chi connectivity index (χ4n) is 3.30. The normalized spacial score (nSPS) is 17.0. The molecule has 4 rings (SSSR count). The van der Waals surface area contributed by atoms with E-state index in [1.165, 1.54) is 30.4 Å². The summed E-state index contributed by atoms with van der Waals surface area (Å²) < 4.78 is 18.8. The van der Waals surface area contributed by atoms with Crippen LogP contribution in [0.1, 0.15) is 36.3 Å². The highest BCUT2D eigenvalue weighted by molar-refractivity contribution is 6.11. The standard InChI is InChI=1S/C18H15FN4O3/c1-9-15(16-17(25)20-8-21-18(16)26-9)13-7-14(23(22-13)10(2)24)11-3-5-12(19)6-4-11/h3-6,8,14H,7H2,1-2H3,(H,20,21,25). The minimum atomic E-state index is -0.372. The molecule has 2 aromatic heterocycles. The van der Waals surface area contributed by atoms with Crippen molar-refractivity contribution in [1.82, 2.24) is 15.0 Å². The summed E-state index contributed by atoms with van der Waals surface area (Å²) in [6, 6.07) is 5.58. The van der Waals surface area contributed by atoms with Crippen molar-refractivity contribution in [3.63, 3.8) is 0 Å². The Morgan fingerprint density at radius 1 is 1.35 bits per heavy atom. The molecule has 0 saturated carbocycles. The SMILES string of the molecule is CC(=O)N1N=C(c2c(C)oc3nc[nH]c(=O)c23)CC1c1ccc(F)cc1. The Kier molecular flexibility index (Phi) is 3.68. The second-order valence-electron chi connectivity index (χ2n) is 6.13. The van der Waals surface area contributed by atoms with E-state index in [1.54, 1.807) is 19.1 Å². The van der Waals surface area contributed by atoms with Crippen molar-refractivity contribution in [2.45, 2.75) is 26.3 Å². The van der Waals surface area contributed by atoms with Crippen molar-refractivity contribution < 1.29 is 13.6 Å². The summed E-state index contributed by atoms with van der Waals surface area (Å²) in [6.45, 7) is 3.14. The van der Waals surface area contributed by atoms with E-state index in [9.17, 15) is 14.0 Å². The minimum absolute atomic E-state index is 0.226. The van der Waals surface area contributed by atoms with E-state index in [1.807, 2.05) is 0 Å². The summed E-state index contributed by atoms with van der Waals surface area (Å²) in [5.41, 5.74) is 1.76. The highest BCUT2D eigenvalue weighted by Gasteiger charge is 2.34. The maximum absolute atomic E-state index is 13.2. The van der Waals surface area contributed by atoms with Crippen LogP contribution in [-0.2, 0) is 4.79 Å². The minimum Gasteiger partial charge on any atom is -0.442 e. The van der Waals surface area contributed by atoms with Crippen LogP contribution in [0.4, 0.5) is 4.39 Å². The molecule has 0 fully saturated rings. The van der Waals surface area contributed by atoms with Crippen molar-refractivity contribution >= 4 is 22.7 Å². The largest absolute Gasteiger partial charge is 0.442 e. The smallest absolute Gasteiger partial charge is 0.262 e. The Hall–Kier alpha value is -3.29. The molecule has 0 saturated heterocycles. The number of aromatic nitrogens is 2. The Labute approximate surface area is 147 Å². The van der Waals surface area contributed by atoms with Gasteiger partial charge in [-0.1, -0.05) is 12.1 Å². The summed E-state index contributed by atoms with van der Waals surface area (Å²) in [5, 5.41) is 6.09. The molecule has 1 unspecified atom stereocenters. The molecule has 0 aliphatic carbocycles. The molecule has 3 heterocycles. The number of hydrogen-bond donors (Lipinski definition) is 1. The van der Waals surface area contributed by atoms with E-state index in [-0.39, 0.29) is 29.0 Å². The van der Waals surface area contributed by atoms with Crippen LogP contribution >= 0.6 is 0 Å². The second-order valence-corrected chi connectivity index (χ2v) is 6.13. The van der Waals surface area contributed by atoms with E-state index >= 15 is 0 Å². The van der Waals surface area contributed by atoms with Crippen LogP contribution in [0.2, 0.25) is 0 Å². The quantitative estimate of drug-likeness (QED) is 0.766. The number of furan rings is 1. The van der Waals surface area contributed by atoms with Gasteiger partial charge >= 0.3 is 0 Å². The summed E-state index contributed by atoms with van der Waals surface area (Å²) in [4.78, 5) is 30.9. The third-order valence-electron chi connectivity index (χ3n) is 4.45.